The lowest BCUT2D eigenvalue weighted by molar-refractivity contribution is 0.287. The first kappa shape index (κ1) is 12.0. The van der Waals surface area contributed by atoms with Crippen molar-refractivity contribution in [2.24, 2.45) is 0 Å². The Bertz CT molecular complexity index is 475. The van der Waals surface area contributed by atoms with E-state index in [0.29, 0.717) is 12.4 Å². The molecule has 0 amide bonds. The molecule has 5 nitrogen and oxygen atoms in total. The molecule has 2 atom stereocenters. The van der Waals surface area contributed by atoms with Crippen molar-refractivity contribution in [2.45, 2.75) is 18.9 Å². The highest BCUT2D eigenvalue weighted by Gasteiger charge is 2.49. The third-order valence-electron chi connectivity index (χ3n) is 3.37. The van der Waals surface area contributed by atoms with Crippen LogP contribution in [0.25, 0.3) is 0 Å². The van der Waals surface area contributed by atoms with Crippen molar-refractivity contribution in [1.82, 2.24) is 4.67 Å². The minimum atomic E-state index is -3.13. The zero-order valence-corrected chi connectivity index (χ0v) is 11.1. The van der Waals surface area contributed by atoms with Crippen LogP contribution in [-0.4, -0.2) is 31.0 Å². The second-order valence-electron chi connectivity index (χ2n) is 4.49. The number of ether oxygens (including phenoxy) is 1. The molecule has 0 aliphatic carbocycles. The van der Waals surface area contributed by atoms with Gasteiger partial charge in [-0.3, -0.25) is 4.52 Å². The maximum Gasteiger partial charge on any atom is 0.461 e. The van der Waals surface area contributed by atoms with E-state index < -0.39 is 7.75 Å². The Kier molecular flexibility index (Phi) is 3.06. The van der Waals surface area contributed by atoms with E-state index in [2.05, 4.69) is 0 Å². The average molecular weight is 269 g/mol. The summed E-state index contributed by atoms with van der Waals surface area (Å²) in [6.07, 6.45) is 2.10. The summed E-state index contributed by atoms with van der Waals surface area (Å²) in [6, 6.07) is 7.29. The molecule has 0 unspecified atom stereocenters. The monoisotopic (exact) mass is 269 g/mol. The van der Waals surface area contributed by atoms with Crippen LogP contribution in [0.4, 0.5) is 0 Å². The fourth-order valence-electron chi connectivity index (χ4n) is 2.42. The molecule has 0 spiro atoms. The largest absolute Gasteiger partial charge is 0.497 e. The molecule has 0 saturated carbocycles. The van der Waals surface area contributed by atoms with Crippen molar-refractivity contribution in [3.05, 3.63) is 24.3 Å². The van der Waals surface area contributed by atoms with E-state index in [1.165, 1.54) is 0 Å². The van der Waals surface area contributed by atoms with Crippen molar-refractivity contribution in [3.8, 4) is 11.5 Å². The van der Waals surface area contributed by atoms with Gasteiger partial charge in [-0.05, 0) is 37.1 Å². The molecular formula is C12H16NO4P. The first-order valence-electron chi connectivity index (χ1n) is 6.07. The molecule has 0 radical (unpaired) electrons. The number of fused-ring (bicyclic) bond motifs is 1. The van der Waals surface area contributed by atoms with Crippen LogP contribution in [0.3, 0.4) is 0 Å². The van der Waals surface area contributed by atoms with Gasteiger partial charge in [0.1, 0.15) is 11.5 Å². The van der Waals surface area contributed by atoms with Gasteiger partial charge < -0.3 is 9.26 Å². The lowest BCUT2D eigenvalue weighted by atomic mass is 10.2. The van der Waals surface area contributed by atoms with Crippen LogP contribution in [0.1, 0.15) is 12.8 Å². The molecule has 2 fully saturated rings. The summed E-state index contributed by atoms with van der Waals surface area (Å²) in [4.78, 5) is 0. The van der Waals surface area contributed by atoms with Crippen molar-refractivity contribution in [2.75, 3.05) is 20.3 Å². The smallest absolute Gasteiger partial charge is 0.461 e. The van der Waals surface area contributed by atoms with Crippen LogP contribution in [0.2, 0.25) is 0 Å². The first-order valence-corrected chi connectivity index (χ1v) is 7.56. The summed E-state index contributed by atoms with van der Waals surface area (Å²) in [5, 5.41) is 0. The summed E-state index contributed by atoms with van der Waals surface area (Å²) in [5.41, 5.74) is 0. The Balaban J connectivity index is 1.77. The molecule has 2 aliphatic heterocycles. The van der Waals surface area contributed by atoms with E-state index in [4.69, 9.17) is 13.8 Å². The van der Waals surface area contributed by atoms with Crippen LogP contribution in [0.5, 0.6) is 11.5 Å². The molecule has 2 aliphatic rings. The molecule has 3 rings (SSSR count). The van der Waals surface area contributed by atoms with Gasteiger partial charge in [-0.15, -0.1) is 0 Å². The molecule has 1 aromatic carbocycles. The number of hydrogen-bond donors (Lipinski definition) is 0. The summed E-state index contributed by atoms with van der Waals surface area (Å²) in [5.74, 6) is 1.29. The zero-order chi connectivity index (χ0) is 12.6. The molecule has 1 aromatic rings. The summed E-state index contributed by atoms with van der Waals surface area (Å²) in [7, 11) is -1.52. The predicted molar refractivity (Wildman–Crippen MR) is 66.9 cm³/mol. The van der Waals surface area contributed by atoms with E-state index >= 15 is 0 Å². The maximum absolute atomic E-state index is 12.6. The van der Waals surface area contributed by atoms with Crippen LogP contribution in [-0.2, 0) is 9.09 Å². The minimum Gasteiger partial charge on any atom is -0.497 e. The van der Waals surface area contributed by atoms with Gasteiger partial charge in [-0.1, -0.05) is 0 Å². The number of hydrogen-bond acceptors (Lipinski definition) is 4. The molecule has 0 bridgehead atoms. The van der Waals surface area contributed by atoms with E-state index in [1.54, 1.807) is 31.4 Å². The van der Waals surface area contributed by atoms with Gasteiger partial charge in [0.15, 0.2) is 0 Å². The summed E-state index contributed by atoms with van der Waals surface area (Å²) < 4.78 is 30.5. The van der Waals surface area contributed by atoms with Gasteiger partial charge >= 0.3 is 7.75 Å². The minimum absolute atomic E-state index is 0.258. The second-order valence-corrected chi connectivity index (χ2v) is 6.38. The van der Waals surface area contributed by atoms with Gasteiger partial charge in [-0.25, -0.2) is 4.57 Å². The van der Waals surface area contributed by atoms with Crippen molar-refractivity contribution >= 4 is 7.75 Å². The second kappa shape index (κ2) is 4.57. The van der Waals surface area contributed by atoms with Gasteiger partial charge in [0, 0.05) is 12.6 Å². The molecule has 98 valence electrons. The van der Waals surface area contributed by atoms with Crippen LogP contribution < -0.4 is 9.26 Å². The molecule has 0 aromatic heterocycles. The lowest BCUT2D eigenvalue weighted by Gasteiger charge is -2.21. The lowest BCUT2D eigenvalue weighted by Crippen LogP contribution is -2.22. The van der Waals surface area contributed by atoms with Crippen molar-refractivity contribution in [3.63, 3.8) is 0 Å². The van der Waals surface area contributed by atoms with Crippen LogP contribution >= 0.6 is 7.75 Å². The molecule has 0 N–H and O–H groups in total. The first-order chi connectivity index (χ1) is 8.71. The Labute approximate surface area is 106 Å². The van der Waals surface area contributed by atoms with Gasteiger partial charge in [0.25, 0.3) is 0 Å². The van der Waals surface area contributed by atoms with Gasteiger partial charge in [0.2, 0.25) is 0 Å². The van der Waals surface area contributed by atoms with Gasteiger partial charge in [-0.2, -0.15) is 4.67 Å². The topological polar surface area (TPSA) is 48.0 Å². The molecular weight excluding hydrogens is 253 g/mol. The van der Waals surface area contributed by atoms with E-state index in [9.17, 15) is 4.57 Å². The summed E-state index contributed by atoms with van der Waals surface area (Å²) in [6.45, 7) is 1.30. The van der Waals surface area contributed by atoms with Crippen molar-refractivity contribution < 1.29 is 18.3 Å². The zero-order valence-electron chi connectivity index (χ0n) is 10.2. The summed E-state index contributed by atoms with van der Waals surface area (Å²) >= 11 is 0. The SMILES string of the molecule is COc1ccc(O[P@@]2(=O)OC[C@@H]3CCCN32)cc1. The van der Waals surface area contributed by atoms with Crippen LogP contribution in [0.15, 0.2) is 24.3 Å². The molecule has 2 saturated heterocycles. The Morgan fingerprint density at radius 2 is 2.06 bits per heavy atom. The fraction of sp³-hybridized carbons (Fsp3) is 0.500. The Morgan fingerprint density at radius 1 is 1.33 bits per heavy atom. The van der Waals surface area contributed by atoms with E-state index in [-0.39, 0.29) is 6.04 Å². The molecule has 2 heterocycles. The van der Waals surface area contributed by atoms with E-state index in [1.807, 2.05) is 4.67 Å². The number of benzene rings is 1. The average Bonchev–Trinajstić information content (AvgIpc) is 2.96. The normalized spacial score (nSPS) is 31.3. The Hall–Kier alpha value is -1.03. The third-order valence-corrected chi connectivity index (χ3v) is 5.44. The molecule has 18 heavy (non-hydrogen) atoms. The number of methoxy groups -OCH3 is 1. The standard InChI is InChI=1S/C12H16NO4P/c1-15-11-4-6-12(7-5-11)17-18(14)13-8-2-3-10(13)9-16-18/h4-7,10H,2-3,8-9H2,1H3/t10-,18-/m0/s1. The number of rotatable bonds is 3. The third kappa shape index (κ3) is 2.03. The fourth-order valence-corrected chi connectivity index (χ4v) is 4.44. The highest BCUT2D eigenvalue weighted by molar-refractivity contribution is 7.52. The molecule has 6 heteroatoms. The maximum atomic E-state index is 12.6. The van der Waals surface area contributed by atoms with E-state index in [0.717, 1.165) is 25.1 Å². The van der Waals surface area contributed by atoms with Crippen molar-refractivity contribution in [1.29, 1.82) is 0 Å². The van der Waals surface area contributed by atoms with Gasteiger partial charge in [0.05, 0.1) is 13.7 Å². The highest BCUT2D eigenvalue weighted by atomic mass is 31.2. The predicted octanol–water partition coefficient (Wildman–Crippen LogP) is 2.68. The highest BCUT2D eigenvalue weighted by Crippen LogP contribution is 2.59. The Morgan fingerprint density at radius 3 is 2.78 bits per heavy atom. The van der Waals surface area contributed by atoms with Crippen LogP contribution in [0, 0.1) is 0 Å². The number of nitrogens with zero attached hydrogens (tertiary/aromatic N) is 1. The quantitative estimate of drug-likeness (QED) is 0.789.